The van der Waals surface area contributed by atoms with Crippen molar-refractivity contribution in [1.82, 2.24) is 8.87 Å². The fraction of sp³-hybridized carbons (Fsp3) is 0.500. The minimum Gasteiger partial charge on any atom is -0.326 e. The van der Waals surface area contributed by atoms with E-state index in [0.29, 0.717) is 41.7 Å². The van der Waals surface area contributed by atoms with E-state index in [1.807, 2.05) is 31.1 Å². The molecule has 1 aliphatic rings. The van der Waals surface area contributed by atoms with E-state index >= 15 is 0 Å². The van der Waals surface area contributed by atoms with Crippen LogP contribution in [0.5, 0.6) is 0 Å². The molecular weight excluding hydrogens is 362 g/mol. The molecule has 146 valence electrons. The Morgan fingerprint density at radius 2 is 2.00 bits per heavy atom. The molecule has 3 rings (SSSR count). The van der Waals surface area contributed by atoms with E-state index in [1.165, 1.54) is 0 Å². The lowest BCUT2D eigenvalue weighted by atomic mass is 9.89. The number of nitrogens with two attached hydrogens (primary N) is 1. The van der Waals surface area contributed by atoms with Crippen molar-refractivity contribution in [2.75, 3.05) is 13.1 Å². The predicted molar refractivity (Wildman–Crippen MR) is 108 cm³/mol. The van der Waals surface area contributed by atoms with Crippen molar-refractivity contribution in [3.05, 3.63) is 40.8 Å². The van der Waals surface area contributed by atoms with Gasteiger partial charge in [0.25, 0.3) is 5.56 Å². The second kappa shape index (κ2) is 7.66. The van der Waals surface area contributed by atoms with Gasteiger partial charge in [0, 0.05) is 54.5 Å². The number of aryl methyl sites for hydroxylation is 1. The van der Waals surface area contributed by atoms with Crippen LogP contribution in [0.2, 0.25) is 0 Å². The van der Waals surface area contributed by atoms with E-state index in [-0.39, 0.29) is 17.4 Å². The summed E-state index contributed by atoms with van der Waals surface area (Å²) in [6.07, 6.45) is 2.83. The maximum Gasteiger partial charge on any atom is 0.258 e. The molecule has 27 heavy (non-hydrogen) atoms. The Morgan fingerprint density at radius 1 is 1.26 bits per heavy atom. The molecule has 2 aromatic rings. The quantitative estimate of drug-likeness (QED) is 0.848. The first-order valence-corrected chi connectivity index (χ1v) is 10.4. The standard InChI is InChI=1S/C20H27N3O3S/c1-20(2,3)18(24)9-11-22-10-8-15-16(19(22)25)5-4-6-17(15)27(26)23-12-7-14(21)13-23/h4-6,8,10,14H,7,9,11-13,21H2,1-3H3. The number of pyridine rings is 1. The summed E-state index contributed by atoms with van der Waals surface area (Å²) in [6.45, 7) is 7.27. The number of rotatable bonds is 5. The van der Waals surface area contributed by atoms with Gasteiger partial charge in [-0.05, 0) is 24.6 Å². The Hall–Kier alpha value is -1.83. The van der Waals surface area contributed by atoms with Crippen LogP contribution in [0.1, 0.15) is 33.6 Å². The number of benzene rings is 1. The van der Waals surface area contributed by atoms with Crippen molar-refractivity contribution in [1.29, 1.82) is 0 Å². The lowest BCUT2D eigenvalue weighted by Crippen LogP contribution is -2.28. The van der Waals surface area contributed by atoms with Gasteiger partial charge in [0.15, 0.2) is 0 Å². The second-order valence-electron chi connectivity index (χ2n) is 8.14. The van der Waals surface area contributed by atoms with E-state index in [4.69, 9.17) is 5.73 Å². The summed E-state index contributed by atoms with van der Waals surface area (Å²) in [7, 11) is -1.34. The first kappa shape index (κ1) is 19.9. The van der Waals surface area contributed by atoms with Crippen LogP contribution in [0, 0.1) is 5.41 Å². The molecule has 6 nitrogen and oxygen atoms in total. The summed E-state index contributed by atoms with van der Waals surface area (Å²) in [5.74, 6) is 0.120. The van der Waals surface area contributed by atoms with Crippen LogP contribution < -0.4 is 11.3 Å². The SMILES string of the molecule is CC(C)(C)C(=O)CCn1ccc2c(S(=O)N3CCC(N)C3)cccc2c1=O. The van der Waals surface area contributed by atoms with Crippen molar-refractivity contribution < 1.29 is 9.00 Å². The summed E-state index contributed by atoms with van der Waals surface area (Å²) in [5, 5.41) is 1.22. The normalized spacial score (nSPS) is 19.5. The van der Waals surface area contributed by atoms with Crippen molar-refractivity contribution >= 4 is 27.5 Å². The zero-order valence-electron chi connectivity index (χ0n) is 16.1. The molecule has 1 aromatic heterocycles. The van der Waals surface area contributed by atoms with Gasteiger partial charge in [0.1, 0.15) is 16.8 Å². The number of hydrogen-bond acceptors (Lipinski definition) is 4. The van der Waals surface area contributed by atoms with Gasteiger partial charge in [-0.3, -0.25) is 9.59 Å². The smallest absolute Gasteiger partial charge is 0.258 e. The Labute approximate surface area is 161 Å². The third-order valence-electron chi connectivity index (χ3n) is 5.00. The third kappa shape index (κ3) is 4.20. The Balaban J connectivity index is 1.90. The molecular formula is C20H27N3O3S. The van der Waals surface area contributed by atoms with Gasteiger partial charge in [0.05, 0.1) is 4.90 Å². The Bertz CT molecular complexity index is 946. The Kier molecular flexibility index (Phi) is 5.65. The monoisotopic (exact) mass is 389 g/mol. The maximum atomic E-state index is 13.0. The first-order valence-electron chi connectivity index (χ1n) is 9.26. The molecule has 2 N–H and O–H groups in total. The highest BCUT2D eigenvalue weighted by Crippen LogP contribution is 2.24. The number of Topliss-reactive ketones (excluding diaryl/α,β-unsaturated/α-hetero) is 1. The van der Waals surface area contributed by atoms with Gasteiger partial charge < -0.3 is 10.3 Å². The van der Waals surface area contributed by atoms with Gasteiger partial charge in [-0.2, -0.15) is 0 Å². The first-order chi connectivity index (χ1) is 12.7. The van der Waals surface area contributed by atoms with Gasteiger partial charge >= 0.3 is 0 Å². The summed E-state index contributed by atoms with van der Waals surface area (Å²) < 4.78 is 16.4. The number of nitrogens with zero attached hydrogens (tertiary/aromatic N) is 2. The fourth-order valence-corrected chi connectivity index (χ4v) is 4.70. The van der Waals surface area contributed by atoms with Crippen LogP contribution >= 0.6 is 0 Å². The fourth-order valence-electron chi connectivity index (χ4n) is 3.26. The molecule has 2 unspecified atom stereocenters. The van der Waals surface area contributed by atoms with Crippen LogP contribution in [0.4, 0.5) is 0 Å². The molecule has 2 heterocycles. The minimum absolute atomic E-state index is 0.0431. The largest absolute Gasteiger partial charge is 0.326 e. The van der Waals surface area contributed by atoms with Crippen molar-refractivity contribution in [3.63, 3.8) is 0 Å². The molecule has 7 heteroatoms. The number of carbonyl (C=O) groups is 1. The molecule has 1 saturated heterocycles. The highest BCUT2D eigenvalue weighted by molar-refractivity contribution is 7.83. The number of ketones is 1. The zero-order chi connectivity index (χ0) is 19.8. The summed E-state index contributed by atoms with van der Waals surface area (Å²) in [4.78, 5) is 25.7. The van der Waals surface area contributed by atoms with Crippen LogP contribution in [0.25, 0.3) is 10.8 Å². The molecule has 1 aliphatic heterocycles. The molecule has 1 fully saturated rings. The van der Waals surface area contributed by atoms with Crippen molar-refractivity contribution in [3.8, 4) is 0 Å². The minimum atomic E-state index is -1.34. The van der Waals surface area contributed by atoms with E-state index in [1.54, 1.807) is 29.0 Å². The number of carbonyl (C=O) groups excluding carboxylic acids is 1. The Morgan fingerprint density at radius 3 is 2.63 bits per heavy atom. The van der Waals surface area contributed by atoms with Crippen molar-refractivity contribution in [2.24, 2.45) is 11.1 Å². The van der Waals surface area contributed by atoms with Crippen LogP contribution in [0.15, 0.2) is 40.2 Å². The van der Waals surface area contributed by atoms with Crippen LogP contribution in [-0.2, 0) is 22.3 Å². The van der Waals surface area contributed by atoms with Crippen molar-refractivity contribution in [2.45, 2.75) is 51.1 Å². The number of hydrogen-bond donors (Lipinski definition) is 1. The average molecular weight is 390 g/mol. The van der Waals surface area contributed by atoms with E-state index < -0.39 is 16.4 Å². The molecule has 0 bridgehead atoms. The highest BCUT2D eigenvalue weighted by Gasteiger charge is 2.26. The van der Waals surface area contributed by atoms with Gasteiger partial charge in [-0.1, -0.05) is 26.8 Å². The topological polar surface area (TPSA) is 85.4 Å². The summed E-state index contributed by atoms with van der Waals surface area (Å²) in [6, 6.07) is 7.17. The van der Waals surface area contributed by atoms with E-state index in [0.717, 1.165) is 6.42 Å². The third-order valence-corrected chi connectivity index (χ3v) is 6.54. The molecule has 0 saturated carbocycles. The van der Waals surface area contributed by atoms with Crippen LogP contribution in [0.3, 0.4) is 0 Å². The predicted octanol–water partition coefficient (Wildman–Crippen LogP) is 2.06. The molecule has 0 amide bonds. The van der Waals surface area contributed by atoms with Gasteiger partial charge in [-0.15, -0.1) is 0 Å². The molecule has 0 radical (unpaired) electrons. The molecule has 1 aromatic carbocycles. The van der Waals surface area contributed by atoms with Crippen LogP contribution in [-0.4, -0.2) is 38.0 Å². The summed E-state index contributed by atoms with van der Waals surface area (Å²) >= 11 is 0. The average Bonchev–Trinajstić information content (AvgIpc) is 3.05. The highest BCUT2D eigenvalue weighted by atomic mass is 32.2. The van der Waals surface area contributed by atoms with E-state index in [2.05, 4.69) is 0 Å². The van der Waals surface area contributed by atoms with E-state index in [9.17, 15) is 13.8 Å². The van der Waals surface area contributed by atoms with Gasteiger partial charge in [-0.25, -0.2) is 8.51 Å². The molecule has 2 atom stereocenters. The lowest BCUT2D eigenvalue weighted by Gasteiger charge is -2.18. The van der Waals surface area contributed by atoms with Gasteiger partial charge in [0.2, 0.25) is 0 Å². The summed E-state index contributed by atoms with van der Waals surface area (Å²) in [5.41, 5.74) is 5.35. The number of fused-ring (bicyclic) bond motifs is 1. The molecule has 0 spiro atoms. The maximum absolute atomic E-state index is 13.0. The molecule has 0 aliphatic carbocycles. The zero-order valence-corrected chi connectivity index (χ0v) is 16.9. The lowest BCUT2D eigenvalue weighted by molar-refractivity contribution is -0.126. The number of aromatic nitrogens is 1. The second-order valence-corrected chi connectivity index (χ2v) is 9.60.